The topological polar surface area (TPSA) is 64.4 Å². The third-order valence-corrected chi connectivity index (χ3v) is 4.82. The summed E-state index contributed by atoms with van der Waals surface area (Å²) in [5.74, 6) is -0.0935. The van der Waals surface area contributed by atoms with Gasteiger partial charge in [0.05, 0.1) is 23.8 Å². The summed E-state index contributed by atoms with van der Waals surface area (Å²) in [6.07, 6.45) is 3.17. The van der Waals surface area contributed by atoms with Gasteiger partial charge in [0.15, 0.2) is 0 Å². The van der Waals surface area contributed by atoms with E-state index in [9.17, 15) is 9.59 Å². The van der Waals surface area contributed by atoms with E-state index in [0.717, 1.165) is 17.3 Å². The number of aromatic nitrogens is 2. The zero-order valence-corrected chi connectivity index (χ0v) is 16.5. The summed E-state index contributed by atoms with van der Waals surface area (Å²) in [6, 6.07) is 5.49. The Hall–Kier alpha value is -1.73. The van der Waals surface area contributed by atoms with Crippen molar-refractivity contribution in [3.63, 3.8) is 0 Å². The zero-order valence-electron chi connectivity index (χ0n) is 14.9. The highest BCUT2D eigenvalue weighted by Gasteiger charge is 2.21. The zero-order chi connectivity index (χ0) is 18.4. The van der Waals surface area contributed by atoms with Gasteiger partial charge in [-0.3, -0.25) is 14.2 Å². The van der Waals surface area contributed by atoms with E-state index in [1.165, 1.54) is 10.9 Å². The van der Waals surface area contributed by atoms with Crippen LogP contribution in [0.1, 0.15) is 26.7 Å². The molecule has 2 aromatic rings. The lowest BCUT2D eigenvalue weighted by molar-refractivity contribution is -0.135. The first kappa shape index (κ1) is 19.6. The molecule has 0 aliphatic heterocycles. The molecule has 1 amide bonds. The molecule has 1 aromatic carbocycles. The highest BCUT2D eigenvalue weighted by Crippen LogP contribution is 2.15. The van der Waals surface area contributed by atoms with Crippen molar-refractivity contribution in [3.8, 4) is 0 Å². The fourth-order valence-corrected chi connectivity index (χ4v) is 3.27. The van der Waals surface area contributed by atoms with Crippen LogP contribution in [0.3, 0.4) is 0 Å². The van der Waals surface area contributed by atoms with Crippen LogP contribution >= 0.6 is 15.9 Å². The van der Waals surface area contributed by atoms with Crippen LogP contribution in [0.15, 0.2) is 33.8 Å². The fraction of sp³-hybridized carbons (Fsp3) is 0.500. The number of fused-ring (bicyclic) bond motifs is 1. The Morgan fingerprint density at radius 1 is 1.36 bits per heavy atom. The fourth-order valence-electron chi connectivity index (χ4n) is 2.91. The van der Waals surface area contributed by atoms with E-state index in [1.807, 2.05) is 6.07 Å². The van der Waals surface area contributed by atoms with Gasteiger partial charge in [-0.2, -0.15) is 0 Å². The molecule has 25 heavy (non-hydrogen) atoms. The Bertz CT molecular complexity index is 787. The number of rotatable bonds is 8. The molecule has 1 aromatic heterocycles. The number of ether oxygens (including phenoxy) is 1. The van der Waals surface area contributed by atoms with Crippen LogP contribution < -0.4 is 5.56 Å². The van der Waals surface area contributed by atoms with Crippen LogP contribution in [-0.4, -0.2) is 46.7 Å². The lowest BCUT2D eigenvalue weighted by Gasteiger charge is -2.30. The molecule has 1 heterocycles. The molecule has 0 saturated heterocycles. The van der Waals surface area contributed by atoms with Crippen LogP contribution in [0.25, 0.3) is 10.9 Å². The minimum atomic E-state index is -0.212. The van der Waals surface area contributed by atoms with Gasteiger partial charge in [0.25, 0.3) is 5.56 Å². The van der Waals surface area contributed by atoms with Crippen molar-refractivity contribution in [2.24, 2.45) is 0 Å². The van der Waals surface area contributed by atoms with E-state index < -0.39 is 0 Å². The number of carbonyl (C=O) groups is 1. The molecule has 0 bridgehead atoms. The third kappa shape index (κ3) is 4.67. The van der Waals surface area contributed by atoms with E-state index in [1.54, 1.807) is 24.1 Å². The normalized spacial score (nSPS) is 11.2. The number of halogens is 1. The largest absolute Gasteiger partial charge is 0.383 e. The molecular formula is C18H24BrN3O3. The number of nitrogens with zero attached hydrogens (tertiary/aromatic N) is 3. The molecule has 0 N–H and O–H groups in total. The molecule has 7 heteroatoms. The van der Waals surface area contributed by atoms with Gasteiger partial charge in [-0.25, -0.2) is 4.98 Å². The average molecular weight is 410 g/mol. The van der Waals surface area contributed by atoms with E-state index in [0.29, 0.717) is 24.1 Å². The maximum Gasteiger partial charge on any atom is 0.261 e. The number of methoxy groups -OCH3 is 1. The Labute approximate surface area is 155 Å². The molecule has 0 aliphatic carbocycles. The van der Waals surface area contributed by atoms with Gasteiger partial charge in [0.1, 0.15) is 6.54 Å². The van der Waals surface area contributed by atoms with Crippen LogP contribution in [-0.2, 0) is 16.1 Å². The quantitative estimate of drug-likeness (QED) is 0.672. The summed E-state index contributed by atoms with van der Waals surface area (Å²) in [4.78, 5) is 31.6. The smallest absolute Gasteiger partial charge is 0.261 e. The summed E-state index contributed by atoms with van der Waals surface area (Å²) < 4.78 is 7.31. The van der Waals surface area contributed by atoms with Crippen LogP contribution in [0.4, 0.5) is 0 Å². The van der Waals surface area contributed by atoms with Crippen molar-refractivity contribution in [3.05, 3.63) is 39.4 Å². The Morgan fingerprint density at radius 3 is 2.72 bits per heavy atom. The Kier molecular flexibility index (Phi) is 7.13. The van der Waals surface area contributed by atoms with E-state index in [4.69, 9.17) is 4.74 Å². The van der Waals surface area contributed by atoms with Gasteiger partial charge in [0, 0.05) is 24.2 Å². The van der Waals surface area contributed by atoms with Gasteiger partial charge >= 0.3 is 0 Å². The van der Waals surface area contributed by atoms with E-state index >= 15 is 0 Å². The van der Waals surface area contributed by atoms with Gasteiger partial charge < -0.3 is 9.64 Å². The third-order valence-electron chi connectivity index (χ3n) is 4.33. The van der Waals surface area contributed by atoms with Gasteiger partial charge in [-0.1, -0.05) is 29.8 Å². The van der Waals surface area contributed by atoms with Gasteiger partial charge in [0.2, 0.25) is 5.91 Å². The molecule has 0 radical (unpaired) electrons. The van der Waals surface area contributed by atoms with Crippen molar-refractivity contribution in [1.29, 1.82) is 0 Å². The minimum absolute atomic E-state index is 0.0193. The second-order valence-corrected chi connectivity index (χ2v) is 6.81. The Balaban J connectivity index is 2.29. The predicted molar refractivity (Wildman–Crippen MR) is 102 cm³/mol. The van der Waals surface area contributed by atoms with Crippen LogP contribution in [0.2, 0.25) is 0 Å². The molecule has 0 saturated carbocycles. The number of hydrogen-bond acceptors (Lipinski definition) is 4. The van der Waals surface area contributed by atoms with Crippen molar-refractivity contribution in [1.82, 2.24) is 14.5 Å². The van der Waals surface area contributed by atoms with Crippen molar-refractivity contribution < 1.29 is 9.53 Å². The number of benzene rings is 1. The van der Waals surface area contributed by atoms with E-state index in [2.05, 4.69) is 34.8 Å². The average Bonchev–Trinajstić information content (AvgIpc) is 2.61. The monoisotopic (exact) mass is 409 g/mol. The summed E-state index contributed by atoms with van der Waals surface area (Å²) >= 11 is 3.37. The van der Waals surface area contributed by atoms with Crippen LogP contribution in [0.5, 0.6) is 0 Å². The molecule has 0 atom stereocenters. The molecule has 2 rings (SSSR count). The standard InChI is InChI=1S/C18H24BrN3O3/c1-4-14(5-2)22(8-9-25-3)17(23)11-21-12-20-16-7-6-13(19)10-15(16)18(21)24/h6-7,10,12,14H,4-5,8-9,11H2,1-3H3. The Morgan fingerprint density at radius 2 is 2.08 bits per heavy atom. The van der Waals surface area contributed by atoms with Gasteiger partial charge in [-0.05, 0) is 31.0 Å². The summed E-state index contributed by atoms with van der Waals surface area (Å²) in [7, 11) is 1.62. The first-order chi connectivity index (χ1) is 12.0. The summed E-state index contributed by atoms with van der Waals surface area (Å²) in [5, 5.41) is 0.496. The molecule has 6 nitrogen and oxygen atoms in total. The second kappa shape index (κ2) is 9.10. The summed E-state index contributed by atoms with van der Waals surface area (Å²) in [6.45, 7) is 5.09. The molecule has 136 valence electrons. The lowest BCUT2D eigenvalue weighted by Crippen LogP contribution is -2.44. The molecule has 0 aliphatic rings. The maximum atomic E-state index is 12.8. The highest BCUT2D eigenvalue weighted by atomic mass is 79.9. The van der Waals surface area contributed by atoms with Crippen molar-refractivity contribution >= 4 is 32.7 Å². The lowest BCUT2D eigenvalue weighted by atomic mass is 10.1. The first-order valence-electron chi connectivity index (χ1n) is 8.44. The van der Waals surface area contributed by atoms with Crippen molar-refractivity contribution in [2.45, 2.75) is 39.3 Å². The predicted octanol–water partition coefficient (Wildman–Crippen LogP) is 2.82. The molecule has 0 spiro atoms. The maximum absolute atomic E-state index is 12.8. The molecule has 0 unspecified atom stereocenters. The summed E-state index contributed by atoms with van der Waals surface area (Å²) in [5.41, 5.74) is 0.406. The minimum Gasteiger partial charge on any atom is -0.383 e. The number of hydrogen-bond donors (Lipinski definition) is 0. The van der Waals surface area contributed by atoms with Crippen molar-refractivity contribution in [2.75, 3.05) is 20.3 Å². The molecule has 0 fully saturated rings. The number of carbonyl (C=O) groups excluding carboxylic acids is 1. The van der Waals surface area contributed by atoms with E-state index in [-0.39, 0.29) is 24.1 Å². The van der Waals surface area contributed by atoms with Crippen LogP contribution in [0, 0.1) is 0 Å². The van der Waals surface area contributed by atoms with Gasteiger partial charge in [-0.15, -0.1) is 0 Å². The second-order valence-electron chi connectivity index (χ2n) is 5.89. The molecular weight excluding hydrogens is 386 g/mol. The SMILES string of the molecule is CCC(CC)N(CCOC)C(=O)Cn1cnc2ccc(Br)cc2c1=O. The number of amides is 1. The highest BCUT2D eigenvalue weighted by molar-refractivity contribution is 9.10. The first-order valence-corrected chi connectivity index (χ1v) is 9.24.